The summed E-state index contributed by atoms with van der Waals surface area (Å²) in [5.41, 5.74) is 3.80. The molecule has 0 aliphatic carbocycles. The highest BCUT2D eigenvalue weighted by molar-refractivity contribution is 6.33. The summed E-state index contributed by atoms with van der Waals surface area (Å²) in [6.07, 6.45) is 0.805. The van der Waals surface area contributed by atoms with E-state index in [0.717, 1.165) is 35.6 Å². The number of imidazole rings is 1. The molecule has 0 radical (unpaired) electrons. The van der Waals surface area contributed by atoms with Gasteiger partial charge in [0.1, 0.15) is 11.6 Å². The maximum Gasteiger partial charge on any atom is 0.253 e. The first kappa shape index (κ1) is 24.8. The number of benzene rings is 3. The number of amides is 1. The van der Waals surface area contributed by atoms with E-state index in [4.69, 9.17) is 21.3 Å². The molecule has 0 aliphatic heterocycles. The number of aryl methyl sites for hydroxylation is 1. The van der Waals surface area contributed by atoms with Crippen LogP contribution in [0.25, 0.3) is 11.0 Å². The van der Waals surface area contributed by atoms with Crippen molar-refractivity contribution < 1.29 is 9.53 Å². The van der Waals surface area contributed by atoms with Crippen molar-refractivity contribution in [2.45, 2.75) is 52.1 Å². The summed E-state index contributed by atoms with van der Waals surface area (Å²) >= 11 is 6.21. The molecule has 4 rings (SSSR count). The highest BCUT2D eigenvalue weighted by atomic mass is 35.5. The Balaban J connectivity index is 1.45. The van der Waals surface area contributed by atoms with Gasteiger partial charge in [-0.3, -0.25) is 4.79 Å². The van der Waals surface area contributed by atoms with E-state index in [2.05, 4.69) is 48.9 Å². The predicted octanol–water partition coefficient (Wildman–Crippen LogP) is 6.95. The number of hydrogen-bond acceptors (Lipinski definition) is 3. The zero-order chi connectivity index (χ0) is 25.0. The third kappa shape index (κ3) is 5.85. The maximum atomic E-state index is 12.8. The van der Waals surface area contributed by atoms with E-state index in [9.17, 15) is 4.79 Å². The lowest BCUT2D eigenvalue weighted by atomic mass is 9.87. The van der Waals surface area contributed by atoms with Crippen LogP contribution in [-0.2, 0) is 12.0 Å². The molecule has 0 fully saturated rings. The van der Waals surface area contributed by atoms with Crippen molar-refractivity contribution in [1.82, 2.24) is 14.9 Å². The maximum absolute atomic E-state index is 12.8. The number of hydrogen-bond donors (Lipinski definition) is 1. The largest absolute Gasteiger partial charge is 0.494 e. The van der Waals surface area contributed by atoms with Crippen molar-refractivity contribution in [3.05, 3.63) is 94.8 Å². The minimum Gasteiger partial charge on any atom is -0.494 e. The fraction of sp³-hybridized carbons (Fsp3) is 0.310. The topological polar surface area (TPSA) is 56.2 Å². The number of carbonyl (C=O) groups excluding carboxylic acids is 1. The number of aromatic nitrogens is 2. The number of rotatable bonds is 8. The number of nitrogens with zero attached hydrogens (tertiary/aromatic N) is 2. The van der Waals surface area contributed by atoms with Crippen LogP contribution in [0.3, 0.4) is 0 Å². The lowest BCUT2D eigenvalue weighted by molar-refractivity contribution is 0.0937. The average molecular weight is 490 g/mol. The molecule has 0 saturated carbocycles. The Hall–Kier alpha value is -3.31. The van der Waals surface area contributed by atoms with Crippen LogP contribution in [0.2, 0.25) is 5.02 Å². The zero-order valence-corrected chi connectivity index (χ0v) is 21.5. The summed E-state index contributed by atoms with van der Waals surface area (Å²) in [4.78, 5) is 17.7. The summed E-state index contributed by atoms with van der Waals surface area (Å²) in [6.45, 7) is 9.86. The number of ether oxygens (including phenoxy) is 1. The van der Waals surface area contributed by atoms with Gasteiger partial charge in [0, 0.05) is 6.54 Å². The molecule has 0 bridgehead atoms. The van der Waals surface area contributed by atoms with Crippen LogP contribution in [-0.4, -0.2) is 22.1 Å². The van der Waals surface area contributed by atoms with E-state index in [1.165, 1.54) is 5.56 Å². The number of carbonyl (C=O) groups is 1. The van der Waals surface area contributed by atoms with Crippen LogP contribution in [0.15, 0.2) is 72.8 Å². The van der Waals surface area contributed by atoms with Gasteiger partial charge in [-0.15, -0.1) is 0 Å². The number of fused-ring (bicyclic) bond motifs is 1. The van der Waals surface area contributed by atoms with Crippen molar-refractivity contribution in [2.24, 2.45) is 0 Å². The lowest BCUT2D eigenvalue weighted by Crippen LogP contribution is -2.29. The first-order valence-corrected chi connectivity index (χ1v) is 12.4. The number of nitrogens with one attached hydrogen (secondary N) is 1. The first-order valence-electron chi connectivity index (χ1n) is 12.0. The van der Waals surface area contributed by atoms with E-state index < -0.39 is 0 Å². The lowest BCUT2D eigenvalue weighted by Gasteiger charge is -2.19. The van der Waals surface area contributed by atoms with Crippen LogP contribution < -0.4 is 10.1 Å². The highest BCUT2D eigenvalue weighted by Gasteiger charge is 2.20. The second kappa shape index (κ2) is 10.5. The molecule has 182 valence electrons. The van der Waals surface area contributed by atoms with Gasteiger partial charge in [0.25, 0.3) is 5.91 Å². The van der Waals surface area contributed by atoms with Gasteiger partial charge in [0.2, 0.25) is 0 Å². The Morgan fingerprint density at radius 3 is 2.43 bits per heavy atom. The van der Waals surface area contributed by atoms with Crippen LogP contribution in [0.1, 0.15) is 61.9 Å². The van der Waals surface area contributed by atoms with Gasteiger partial charge >= 0.3 is 0 Å². The van der Waals surface area contributed by atoms with Crippen molar-refractivity contribution in [3.8, 4) is 5.75 Å². The average Bonchev–Trinajstić information content (AvgIpc) is 3.20. The smallest absolute Gasteiger partial charge is 0.253 e. The van der Waals surface area contributed by atoms with Crippen molar-refractivity contribution in [2.75, 3.05) is 6.61 Å². The first-order chi connectivity index (χ1) is 16.7. The monoisotopic (exact) mass is 489 g/mol. The minimum atomic E-state index is -0.294. The molecule has 4 aromatic rings. The van der Waals surface area contributed by atoms with E-state index in [0.29, 0.717) is 17.2 Å². The molecule has 1 heterocycles. The normalized spacial score (nSPS) is 12.5. The Bertz CT molecular complexity index is 1310. The Labute approximate surface area is 212 Å². The van der Waals surface area contributed by atoms with Gasteiger partial charge in [0.15, 0.2) is 0 Å². The third-order valence-corrected chi connectivity index (χ3v) is 6.38. The fourth-order valence-corrected chi connectivity index (χ4v) is 4.33. The molecule has 0 spiro atoms. The molecule has 1 N–H and O–H groups in total. The molecule has 1 unspecified atom stereocenters. The quantitative estimate of drug-likeness (QED) is 0.272. The second-order valence-electron chi connectivity index (χ2n) is 9.76. The van der Waals surface area contributed by atoms with Crippen molar-refractivity contribution in [3.63, 3.8) is 0 Å². The van der Waals surface area contributed by atoms with Gasteiger partial charge in [-0.1, -0.05) is 68.8 Å². The third-order valence-electron chi connectivity index (χ3n) is 6.05. The molecule has 6 heteroatoms. The summed E-state index contributed by atoms with van der Waals surface area (Å²) in [7, 11) is 0. The molecular weight excluding hydrogens is 458 g/mol. The summed E-state index contributed by atoms with van der Waals surface area (Å²) in [6, 6.07) is 23.1. The number of halogens is 1. The van der Waals surface area contributed by atoms with E-state index in [1.54, 1.807) is 18.2 Å². The molecule has 3 aromatic carbocycles. The molecule has 1 aromatic heterocycles. The van der Waals surface area contributed by atoms with Crippen LogP contribution in [0, 0.1) is 0 Å². The van der Waals surface area contributed by atoms with Crippen molar-refractivity contribution >= 4 is 28.5 Å². The Kier molecular flexibility index (Phi) is 7.46. The highest BCUT2D eigenvalue weighted by Crippen LogP contribution is 2.25. The second-order valence-corrected chi connectivity index (χ2v) is 10.2. The van der Waals surface area contributed by atoms with Crippen LogP contribution in [0.5, 0.6) is 5.75 Å². The molecule has 1 atom stereocenters. The molecule has 1 amide bonds. The fourth-order valence-electron chi connectivity index (χ4n) is 4.11. The Morgan fingerprint density at radius 2 is 1.71 bits per heavy atom. The van der Waals surface area contributed by atoms with Crippen LogP contribution >= 0.6 is 11.6 Å². The van der Waals surface area contributed by atoms with Gasteiger partial charge in [0.05, 0.1) is 34.3 Å². The molecule has 35 heavy (non-hydrogen) atoms. The van der Waals surface area contributed by atoms with Crippen LogP contribution in [0.4, 0.5) is 0 Å². The molecule has 5 nitrogen and oxygen atoms in total. The summed E-state index contributed by atoms with van der Waals surface area (Å²) in [5, 5.41) is 3.48. The van der Waals surface area contributed by atoms with E-state index >= 15 is 0 Å². The molecular formula is C29H32ClN3O2. The standard InChI is InChI=1S/C29H32ClN3O2/c1-20(31-28(34)23-10-5-6-11-24(23)30)27-32-25-12-7-8-13-26(25)33(27)18-9-19-35-22-16-14-21(15-17-22)29(2,3)4/h5-8,10-17,20H,9,18-19H2,1-4H3,(H,31,34). The van der Waals surface area contributed by atoms with E-state index in [1.807, 2.05) is 43.3 Å². The minimum absolute atomic E-state index is 0.120. The van der Waals surface area contributed by atoms with Gasteiger partial charge in [-0.2, -0.15) is 0 Å². The SMILES string of the molecule is CC(NC(=O)c1ccccc1Cl)c1nc2ccccc2n1CCCOc1ccc(C(C)(C)C)cc1. The summed E-state index contributed by atoms with van der Waals surface area (Å²) < 4.78 is 8.17. The zero-order valence-electron chi connectivity index (χ0n) is 20.7. The molecule has 0 aliphatic rings. The number of para-hydroxylation sites is 2. The van der Waals surface area contributed by atoms with Crippen molar-refractivity contribution in [1.29, 1.82) is 0 Å². The molecule has 0 saturated heterocycles. The van der Waals surface area contributed by atoms with Gasteiger partial charge < -0.3 is 14.6 Å². The van der Waals surface area contributed by atoms with E-state index in [-0.39, 0.29) is 17.4 Å². The Morgan fingerprint density at radius 1 is 1.03 bits per heavy atom. The van der Waals surface area contributed by atoms with Gasteiger partial charge in [-0.05, 0) is 60.7 Å². The summed E-state index contributed by atoms with van der Waals surface area (Å²) in [5.74, 6) is 1.46. The van der Waals surface area contributed by atoms with Gasteiger partial charge in [-0.25, -0.2) is 4.98 Å². The predicted molar refractivity (Wildman–Crippen MR) is 142 cm³/mol.